The van der Waals surface area contributed by atoms with Crippen molar-refractivity contribution in [2.45, 2.75) is 19.4 Å². The number of nitrogens with one attached hydrogen (secondary N) is 1. The number of hydrogen-bond acceptors (Lipinski definition) is 5. The summed E-state index contributed by atoms with van der Waals surface area (Å²) in [5, 5.41) is 7.98. The number of aromatic amines is 1. The van der Waals surface area contributed by atoms with Crippen LogP contribution in [-0.4, -0.2) is 65.3 Å². The molecular formula is C24H28N6O3. The van der Waals surface area contributed by atoms with Crippen molar-refractivity contribution in [1.82, 2.24) is 20.0 Å². The Morgan fingerprint density at radius 3 is 2.79 bits per heavy atom. The molecule has 3 aliphatic heterocycles. The standard InChI is InChI=1S/C24H28N6O3/c1-33-19-4-2-3-17(11-19)14-30(24(25)32)18-5-6-21-20(12-18)22(27-26-21)23(31)29-13-16-7-9-28(15-29)10-8-16/h2-6,11-12,16H,7-10,13-15H2,1H3,(H2,25,32)(H,26,27). The number of fused-ring (bicyclic) bond motifs is 5. The lowest BCUT2D eigenvalue weighted by atomic mass is 9.98. The molecule has 3 N–H and O–H groups in total. The predicted molar refractivity (Wildman–Crippen MR) is 125 cm³/mol. The Kier molecular flexibility index (Phi) is 5.63. The number of aromatic nitrogens is 2. The van der Waals surface area contributed by atoms with Crippen molar-refractivity contribution in [3.05, 3.63) is 53.7 Å². The van der Waals surface area contributed by atoms with Crippen molar-refractivity contribution >= 4 is 28.5 Å². The minimum absolute atomic E-state index is 0.0874. The number of carbonyl (C=O) groups excluding carboxylic acids is 2. The van der Waals surface area contributed by atoms with Crippen molar-refractivity contribution in [1.29, 1.82) is 0 Å². The van der Waals surface area contributed by atoms with Gasteiger partial charge in [-0.1, -0.05) is 12.1 Å². The summed E-state index contributed by atoms with van der Waals surface area (Å²) < 4.78 is 5.29. The normalized spacial score (nSPS) is 20.0. The summed E-state index contributed by atoms with van der Waals surface area (Å²) in [5.41, 5.74) is 8.33. The van der Waals surface area contributed by atoms with Gasteiger partial charge in [0.15, 0.2) is 5.69 Å². The number of methoxy groups -OCH3 is 1. The number of nitrogens with zero attached hydrogens (tertiary/aromatic N) is 4. The van der Waals surface area contributed by atoms with Crippen molar-refractivity contribution in [3.8, 4) is 5.75 Å². The minimum Gasteiger partial charge on any atom is -0.497 e. The Hall–Kier alpha value is -3.59. The van der Waals surface area contributed by atoms with E-state index in [9.17, 15) is 9.59 Å². The highest BCUT2D eigenvalue weighted by Crippen LogP contribution is 2.28. The molecule has 0 unspecified atom stereocenters. The average Bonchev–Trinajstić information content (AvgIpc) is 3.00. The monoisotopic (exact) mass is 448 g/mol. The Morgan fingerprint density at radius 1 is 1.21 bits per heavy atom. The SMILES string of the molecule is COc1cccc(CN(C(N)=O)c2ccc3[nH]nc(C(=O)N4CC5CCN(CC5)C4)c3c2)c1. The van der Waals surface area contributed by atoms with Crippen LogP contribution in [-0.2, 0) is 6.54 Å². The van der Waals surface area contributed by atoms with E-state index in [2.05, 4.69) is 15.1 Å². The van der Waals surface area contributed by atoms with Gasteiger partial charge in [0.25, 0.3) is 5.91 Å². The second-order valence-electron chi connectivity index (χ2n) is 8.81. The molecule has 0 radical (unpaired) electrons. The molecule has 3 fully saturated rings. The molecule has 0 aliphatic carbocycles. The van der Waals surface area contributed by atoms with Crippen LogP contribution in [0.15, 0.2) is 42.5 Å². The van der Waals surface area contributed by atoms with Gasteiger partial charge in [0, 0.05) is 30.7 Å². The highest BCUT2D eigenvalue weighted by atomic mass is 16.5. The van der Waals surface area contributed by atoms with Crippen LogP contribution < -0.4 is 15.4 Å². The fraction of sp³-hybridized carbons (Fsp3) is 0.375. The second kappa shape index (κ2) is 8.74. The van der Waals surface area contributed by atoms with Gasteiger partial charge in [-0.15, -0.1) is 0 Å². The molecule has 0 spiro atoms. The van der Waals surface area contributed by atoms with Gasteiger partial charge in [0.05, 0.1) is 25.8 Å². The number of piperidine rings is 1. The summed E-state index contributed by atoms with van der Waals surface area (Å²) in [6, 6.07) is 12.3. The van der Waals surface area contributed by atoms with Gasteiger partial charge in [-0.3, -0.25) is 19.7 Å². The predicted octanol–water partition coefficient (Wildman–Crippen LogP) is 2.78. The van der Waals surface area contributed by atoms with E-state index in [0.29, 0.717) is 35.1 Å². The highest BCUT2D eigenvalue weighted by Gasteiger charge is 2.32. The lowest BCUT2D eigenvalue weighted by Crippen LogP contribution is -2.39. The first-order valence-electron chi connectivity index (χ1n) is 11.2. The Bertz CT molecular complexity index is 1170. The fourth-order valence-corrected chi connectivity index (χ4v) is 4.80. The van der Waals surface area contributed by atoms with Crippen LogP contribution in [0.1, 0.15) is 28.9 Å². The zero-order chi connectivity index (χ0) is 22.9. The van der Waals surface area contributed by atoms with Crippen LogP contribution in [0.4, 0.5) is 10.5 Å². The third-order valence-electron chi connectivity index (χ3n) is 6.65. The summed E-state index contributed by atoms with van der Waals surface area (Å²) >= 11 is 0. The molecule has 3 saturated heterocycles. The molecule has 0 saturated carbocycles. The number of ether oxygens (including phenoxy) is 1. The number of carbonyl (C=O) groups is 2. The van der Waals surface area contributed by atoms with E-state index >= 15 is 0 Å². The molecule has 9 heteroatoms. The average molecular weight is 449 g/mol. The van der Waals surface area contributed by atoms with Crippen molar-refractivity contribution in [3.63, 3.8) is 0 Å². The largest absolute Gasteiger partial charge is 0.497 e. The lowest BCUT2D eigenvalue weighted by molar-refractivity contribution is 0.0681. The molecule has 4 heterocycles. The number of nitrogens with two attached hydrogens (primary N) is 1. The van der Waals surface area contributed by atoms with Gasteiger partial charge in [0.1, 0.15) is 5.75 Å². The van der Waals surface area contributed by atoms with E-state index in [-0.39, 0.29) is 12.5 Å². The maximum absolute atomic E-state index is 13.4. The fourth-order valence-electron chi connectivity index (χ4n) is 4.80. The van der Waals surface area contributed by atoms with Gasteiger partial charge in [-0.25, -0.2) is 4.79 Å². The van der Waals surface area contributed by atoms with Crippen molar-refractivity contribution in [2.24, 2.45) is 11.7 Å². The summed E-state index contributed by atoms with van der Waals surface area (Å²) in [6.45, 7) is 3.75. The number of primary amides is 1. The number of benzene rings is 2. The van der Waals surface area contributed by atoms with E-state index in [1.807, 2.05) is 41.3 Å². The molecule has 2 aromatic carbocycles. The number of rotatable bonds is 5. The number of hydrogen-bond donors (Lipinski definition) is 2. The van der Waals surface area contributed by atoms with E-state index in [0.717, 1.165) is 43.6 Å². The summed E-state index contributed by atoms with van der Waals surface area (Å²) in [4.78, 5) is 31.5. The van der Waals surface area contributed by atoms with Crippen LogP contribution >= 0.6 is 0 Å². The quantitative estimate of drug-likeness (QED) is 0.624. The topological polar surface area (TPSA) is 108 Å². The Labute approximate surface area is 192 Å². The Balaban J connectivity index is 1.45. The first-order valence-corrected chi connectivity index (χ1v) is 11.2. The minimum atomic E-state index is -0.578. The van der Waals surface area contributed by atoms with Gasteiger partial charge >= 0.3 is 6.03 Å². The number of amides is 3. The smallest absolute Gasteiger partial charge is 0.319 e. The third kappa shape index (κ3) is 4.23. The molecule has 9 nitrogen and oxygen atoms in total. The molecule has 3 aliphatic rings. The first-order chi connectivity index (χ1) is 16.0. The molecule has 2 bridgehead atoms. The summed E-state index contributed by atoms with van der Waals surface area (Å²) in [7, 11) is 1.60. The molecule has 6 rings (SSSR count). The van der Waals surface area contributed by atoms with Gasteiger partial charge in [0.2, 0.25) is 0 Å². The molecule has 1 aromatic heterocycles. The molecule has 3 aromatic rings. The Morgan fingerprint density at radius 2 is 2.03 bits per heavy atom. The second-order valence-corrected chi connectivity index (χ2v) is 8.81. The van der Waals surface area contributed by atoms with Crippen molar-refractivity contribution < 1.29 is 14.3 Å². The van der Waals surface area contributed by atoms with E-state index in [4.69, 9.17) is 10.5 Å². The molecule has 33 heavy (non-hydrogen) atoms. The molecule has 0 atom stereocenters. The zero-order valence-electron chi connectivity index (χ0n) is 18.7. The summed E-state index contributed by atoms with van der Waals surface area (Å²) in [6.07, 6.45) is 2.26. The lowest BCUT2D eigenvalue weighted by Gasteiger charge is -2.25. The van der Waals surface area contributed by atoms with E-state index in [1.54, 1.807) is 13.2 Å². The van der Waals surface area contributed by atoms with E-state index in [1.165, 1.54) is 4.90 Å². The summed E-state index contributed by atoms with van der Waals surface area (Å²) in [5.74, 6) is 1.16. The van der Waals surface area contributed by atoms with E-state index < -0.39 is 6.03 Å². The molecule has 3 amide bonds. The first kappa shape index (κ1) is 21.3. The highest BCUT2D eigenvalue weighted by molar-refractivity contribution is 6.06. The van der Waals surface area contributed by atoms with Crippen LogP contribution in [0.25, 0.3) is 10.9 Å². The van der Waals surface area contributed by atoms with Crippen LogP contribution in [0, 0.1) is 5.92 Å². The maximum atomic E-state index is 13.4. The molecule has 172 valence electrons. The third-order valence-corrected chi connectivity index (χ3v) is 6.65. The van der Waals surface area contributed by atoms with Crippen molar-refractivity contribution in [2.75, 3.05) is 38.3 Å². The van der Waals surface area contributed by atoms with Gasteiger partial charge < -0.3 is 15.4 Å². The number of H-pyrrole nitrogens is 1. The van der Waals surface area contributed by atoms with Gasteiger partial charge in [-0.05, 0) is 54.7 Å². The number of anilines is 1. The van der Waals surface area contributed by atoms with Crippen LogP contribution in [0.5, 0.6) is 5.75 Å². The van der Waals surface area contributed by atoms with Crippen LogP contribution in [0.2, 0.25) is 0 Å². The zero-order valence-corrected chi connectivity index (χ0v) is 18.7. The molecular weight excluding hydrogens is 420 g/mol. The maximum Gasteiger partial charge on any atom is 0.319 e. The van der Waals surface area contributed by atoms with Crippen LogP contribution in [0.3, 0.4) is 0 Å². The number of urea groups is 1. The van der Waals surface area contributed by atoms with Gasteiger partial charge in [-0.2, -0.15) is 5.10 Å².